The van der Waals surface area contributed by atoms with Crippen molar-refractivity contribution in [3.8, 4) is 11.3 Å². The van der Waals surface area contributed by atoms with Gasteiger partial charge in [-0.1, -0.05) is 41.5 Å². The first kappa shape index (κ1) is 11.9. The van der Waals surface area contributed by atoms with Crippen LogP contribution >= 0.6 is 0 Å². The molecule has 3 aromatic rings. The number of aryl methyl sites for hydroxylation is 3. The Labute approximate surface area is 113 Å². The molecule has 0 spiro atoms. The van der Waals surface area contributed by atoms with Crippen LogP contribution in [0.1, 0.15) is 16.7 Å². The van der Waals surface area contributed by atoms with Crippen LogP contribution in [0, 0.1) is 20.8 Å². The highest BCUT2D eigenvalue weighted by Gasteiger charge is 2.07. The third-order valence-electron chi connectivity index (χ3n) is 3.49. The monoisotopic (exact) mass is 247 g/mol. The van der Waals surface area contributed by atoms with Crippen molar-refractivity contribution < 1.29 is 0 Å². The van der Waals surface area contributed by atoms with E-state index in [1.54, 1.807) is 0 Å². The highest BCUT2D eigenvalue weighted by Crippen LogP contribution is 2.29. The van der Waals surface area contributed by atoms with E-state index in [0.717, 1.165) is 5.69 Å². The molecule has 0 atom stereocenters. The number of hydrogen-bond donors (Lipinski definition) is 0. The normalized spacial score (nSPS) is 10.9. The third-order valence-corrected chi connectivity index (χ3v) is 3.49. The van der Waals surface area contributed by atoms with Crippen LogP contribution in [0.15, 0.2) is 48.7 Å². The van der Waals surface area contributed by atoms with Crippen LogP contribution in [-0.4, -0.2) is 4.98 Å². The minimum Gasteiger partial charge on any atom is -0.255 e. The van der Waals surface area contributed by atoms with Gasteiger partial charge in [-0.05, 0) is 43.9 Å². The highest BCUT2D eigenvalue weighted by molar-refractivity contribution is 5.96. The van der Waals surface area contributed by atoms with Crippen molar-refractivity contribution in [3.63, 3.8) is 0 Å². The van der Waals surface area contributed by atoms with E-state index in [9.17, 15) is 0 Å². The first-order valence-corrected chi connectivity index (χ1v) is 6.58. The van der Waals surface area contributed by atoms with Crippen molar-refractivity contribution in [3.05, 3.63) is 65.4 Å². The van der Waals surface area contributed by atoms with E-state index in [-0.39, 0.29) is 0 Å². The summed E-state index contributed by atoms with van der Waals surface area (Å²) in [6, 6.07) is 15.1. The van der Waals surface area contributed by atoms with E-state index in [2.05, 4.69) is 68.2 Å². The van der Waals surface area contributed by atoms with Crippen LogP contribution in [0.2, 0.25) is 0 Å². The van der Waals surface area contributed by atoms with Crippen LogP contribution < -0.4 is 0 Å². The van der Waals surface area contributed by atoms with E-state index >= 15 is 0 Å². The van der Waals surface area contributed by atoms with Crippen LogP contribution in [-0.2, 0) is 0 Å². The molecular weight excluding hydrogens is 230 g/mol. The smallest absolute Gasteiger partial charge is 0.0780 e. The Morgan fingerprint density at radius 1 is 0.789 bits per heavy atom. The lowest BCUT2D eigenvalue weighted by molar-refractivity contribution is 1.29. The fourth-order valence-corrected chi connectivity index (χ4v) is 2.68. The molecule has 0 N–H and O–H groups in total. The van der Waals surface area contributed by atoms with E-state index in [1.807, 2.05) is 6.20 Å². The Morgan fingerprint density at radius 3 is 2.11 bits per heavy atom. The molecule has 0 bridgehead atoms. The van der Waals surface area contributed by atoms with Crippen LogP contribution in [0.3, 0.4) is 0 Å². The van der Waals surface area contributed by atoms with E-state index < -0.39 is 0 Å². The minimum atomic E-state index is 1.08. The number of pyridine rings is 1. The highest BCUT2D eigenvalue weighted by atomic mass is 14.7. The molecule has 0 saturated carbocycles. The Hall–Kier alpha value is -2.15. The zero-order valence-corrected chi connectivity index (χ0v) is 11.6. The zero-order chi connectivity index (χ0) is 13.4. The molecule has 0 amide bonds. The van der Waals surface area contributed by atoms with Crippen molar-refractivity contribution in [1.82, 2.24) is 4.98 Å². The molecule has 94 valence electrons. The second-order valence-corrected chi connectivity index (χ2v) is 5.21. The molecule has 1 heterocycles. The van der Waals surface area contributed by atoms with Crippen LogP contribution in [0.25, 0.3) is 22.0 Å². The maximum Gasteiger partial charge on any atom is 0.0780 e. The molecule has 0 radical (unpaired) electrons. The summed E-state index contributed by atoms with van der Waals surface area (Å²) in [6.07, 6.45) is 1.97. The average Bonchev–Trinajstić information content (AvgIpc) is 2.38. The van der Waals surface area contributed by atoms with E-state index in [1.165, 1.54) is 33.0 Å². The Morgan fingerprint density at radius 2 is 1.42 bits per heavy atom. The van der Waals surface area contributed by atoms with Gasteiger partial charge in [0.05, 0.1) is 5.69 Å². The molecule has 1 aromatic heterocycles. The number of benzene rings is 2. The summed E-state index contributed by atoms with van der Waals surface area (Å²) in [5, 5.41) is 2.51. The zero-order valence-electron chi connectivity index (χ0n) is 11.6. The summed E-state index contributed by atoms with van der Waals surface area (Å²) in [7, 11) is 0. The number of rotatable bonds is 1. The summed E-state index contributed by atoms with van der Waals surface area (Å²) in [6.45, 7) is 6.38. The average molecular weight is 247 g/mol. The molecule has 0 unspecified atom stereocenters. The molecule has 19 heavy (non-hydrogen) atoms. The number of aromatic nitrogens is 1. The maximum atomic E-state index is 4.66. The van der Waals surface area contributed by atoms with Crippen molar-refractivity contribution >= 4 is 10.8 Å². The van der Waals surface area contributed by atoms with Crippen LogP contribution in [0.5, 0.6) is 0 Å². The third kappa shape index (κ3) is 2.12. The molecule has 1 heteroatoms. The topological polar surface area (TPSA) is 12.9 Å². The quantitative estimate of drug-likeness (QED) is 0.600. The van der Waals surface area contributed by atoms with Gasteiger partial charge in [0.25, 0.3) is 0 Å². The molecular formula is C18H17N. The van der Waals surface area contributed by atoms with Gasteiger partial charge in [-0.3, -0.25) is 4.98 Å². The summed E-state index contributed by atoms with van der Waals surface area (Å²) in [4.78, 5) is 4.66. The lowest BCUT2D eigenvalue weighted by Crippen LogP contribution is -1.90. The molecule has 2 aromatic carbocycles. The first-order valence-electron chi connectivity index (χ1n) is 6.58. The largest absolute Gasteiger partial charge is 0.255 e. The van der Waals surface area contributed by atoms with Gasteiger partial charge in [0.2, 0.25) is 0 Å². The van der Waals surface area contributed by atoms with Gasteiger partial charge in [-0.2, -0.15) is 0 Å². The number of nitrogens with zero attached hydrogens (tertiary/aromatic N) is 1. The Balaban J connectivity index is 2.34. The first-order chi connectivity index (χ1) is 9.15. The molecule has 0 aliphatic carbocycles. The van der Waals surface area contributed by atoms with Gasteiger partial charge < -0.3 is 0 Å². The van der Waals surface area contributed by atoms with Crippen LogP contribution in [0.4, 0.5) is 0 Å². The van der Waals surface area contributed by atoms with Crippen molar-refractivity contribution in [2.24, 2.45) is 0 Å². The van der Waals surface area contributed by atoms with Gasteiger partial charge in [0.15, 0.2) is 0 Å². The molecule has 0 saturated heterocycles. The van der Waals surface area contributed by atoms with E-state index in [0.29, 0.717) is 0 Å². The lowest BCUT2D eigenvalue weighted by Gasteiger charge is -2.09. The fourth-order valence-electron chi connectivity index (χ4n) is 2.68. The second-order valence-electron chi connectivity index (χ2n) is 5.21. The lowest BCUT2D eigenvalue weighted by atomic mass is 9.99. The van der Waals surface area contributed by atoms with Gasteiger partial charge in [-0.25, -0.2) is 0 Å². The van der Waals surface area contributed by atoms with Gasteiger partial charge in [0.1, 0.15) is 0 Å². The molecule has 0 aliphatic rings. The summed E-state index contributed by atoms with van der Waals surface area (Å²) in [5.41, 5.74) is 6.06. The van der Waals surface area contributed by atoms with E-state index in [4.69, 9.17) is 0 Å². The second kappa shape index (κ2) is 4.51. The fraction of sp³-hybridized carbons (Fsp3) is 0.167. The van der Waals surface area contributed by atoms with Gasteiger partial charge in [-0.15, -0.1) is 0 Å². The minimum absolute atomic E-state index is 1.08. The SMILES string of the molecule is Cc1cc(C)cc(-c2ncc(C)c3ccccc23)c1. The van der Waals surface area contributed by atoms with Crippen molar-refractivity contribution in [2.45, 2.75) is 20.8 Å². The summed E-state index contributed by atoms with van der Waals surface area (Å²) in [5.74, 6) is 0. The molecule has 0 aliphatic heterocycles. The predicted octanol–water partition coefficient (Wildman–Crippen LogP) is 4.83. The standard InChI is InChI=1S/C18H17N/c1-12-8-13(2)10-15(9-12)18-17-7-5-4-6-16(17)14(3)11-19-18/h4-11H,1-3H3. The Bertz CT molecular complexity index is 736. The van der Waals surface area contributed by atoms with Crippen molar-refractivity contribution in [1.29, 1.82) is 0 Å². The predicted molar refractivity (Wildman–Crippen MR) is 81.4 cm³/mol. The molecule has 0 fully saturated rings. The summed E-state index contributed by atoms with van der Waals surface area (Å²) < 4.78 is 0. The maximum absolute atomic E-state index is 4.66. The molecule has 3 rings (SSSR count). The van der Waals surface area contributed by atoms with Crippen molar-refractivity contribution in [2.75, 3.05) is 0 Å². The number of hydrogen-bond acceptors (Lipinski definition) is 1. The van der Waals surface area contributed by atoms with Gasteiger partial charge >= 0.3 is 0 Å². The van der Waals surface area contributed by atoms with Gasteiger partial charge in [0, 0.05) is 17.1 Å². The summed E-state index contributed by atoms with van der Waals surface area (Å²) >= 11 is 0. The number of fused-ring (bicyclic) bond motifs is 1. The Kier molecular flexibility index (Phi) is 2.83. The molecule has 1 nitrogen and oxygen atoms in total.